The average Bonchev–Trinajstić information content (AvgIpc) is 3.21. The number of piperazine rings is 1. The molecule has 3 aromatic rings. The monoisotopic (exact) mass is 394 g/mol. The Morgan fingerprint density at radius 1 is 1.07 bits per heavy atom. The van der Waals surface area contributed by atoms with Crippen LogP contribution in [0.4, 0.5) is 5.82 Å². The van der Waals surface area contributed by atoms with Crippen LogP contribution < -0.4 is 9.64 Å². The molecule has 152 valence electrons. The number of fused-ring (bicyclic) bond motifs is 2. The summed E-state index contributed by atoms with van der Waals surface area (Å²) in [5.41, 5.74) is 1.49. The molecule has 0 radical (unpaired) electrons. The molecule has 0 aliphatic carbocycles. The zero-order chi connectivity index (χ0) is 19.6. The fourth-order valence-electron chi connectivity index (χ4n) is 4.52. The van der Waals surface area contributed by atoms with E-state index < -0.39 is 0 Å². The molecule has 2 aliphatic rings. The highest BCUT2D eigenvalue weighted by molar-refractivity contribution is 5.88. The van der Waals surface area contributed by atoms with Crippen LogP contribution >= 0.6 is 0 Å². The number of hydrogen-bond donors (Lipinski definition) is 1. The molecule has 29 heavy (non-hydrogen) atoms. The van der Waals surface area contributed by atoms with E-state index in [4.69, 9.17) is 9.26 Å². The first-order chi connectivity index (χ1) is 14.3. The zero-order valence-corrected chi connectivity index (χ0v) is 16.4. The molecule has 1 aromatic carbocycles. The summed E-state index contributed by atoms with van der Waals surface area (Å²) in [5.74, 6) is 2.08. The summed E-state index contributed by atoms with van der Waals surface area (Å²) >= 11 is 0. The number of rotatable bonds is 5. The fraction of sp³-hybridized carbons (Fsp3) is 0.455. The van der Waals surface area contributed by atoms with Gasteiger partial charge in [-0.05, 0) is 31.0 Å². The molecule has 2 saturated heterocycles. The highest BCUT2D eigenvalue weighted by Crippen LogP contribution is 2.31. The van der Waals surface area contributed by atoms with E-state index in [1.54, 1.807) is 6.07 Å². The van der Waals surface area contributed by atoms with Gasteiger partial charge in [-0.3, -0.25) is 4.90 Å². The highest BCUT2D eigenvalue weighted by atomic mass is 16.5. The van der Waals surface area contributed by atoms with Gasteiger partial charge in [-0.15, -0.1) is 0 Å². The van der Waals surface area contributed by atoms with Crippen LogP contribution in [0.1, 0.15) is 18.5 Å². The van der Waals surface area contributed by atoms with Gasteiger partial charge in [0.2, 0.25) is 5.88 Å². The van der Waals surface area contributed by atoms with Gasteiger partial charge in [-0.2, -0.15) is 0 Å². The second kappa shape index (κ2) is 8.00. The Bertz CT molecular complexity index is 975. The number of aliphatic hydroxyl groups excluding tert-OH is 1. The molecule has 2 atom stereocenters. The van der Waals surface area contributed by atoms with Crippen LogP contribution in [-0.2, 0) is 6.61 Å². The van der Waals surface area contributed by atoms with Crippen molar-refractivity contribution in [3.63, 3.8) is 0 Å². The minimum Gasteiger partial charge on any atom is -0.477 e. The van der Waals surface area contributed by atoms with Crippen LogP contribution in [0.25, 0.3) is 11.0 Å². The lowest BCUT2D eigenvalue weighted by Crippen LogP contribution is -2.57. The van der Waals surface area contributed by atoms with Crippen LogP contribution in [0.15, 0.2) is 47.0 Å². The van der Waals surface area contributed by atoms with Gasteiger partial charge in [0.25, 0.3) is 0 Å². The van der Waals surface area contributed by atoms with Crippen molar-refractivity contribution in [2.75, 3.05) is 37.7 Å². The maximum Gasteiger partial charge on any atom is 0.213 e. The van der Waals surface area contributed by atoms with Crippen molar-refractivity contribution in [1.29, 1.82) is 0 Å². The van der Waals surface area contributed by atoms with Crippen LogP contribution in [0, 0.1) is 5.92 Å². The molecular formula is C22H26N4O3. The molecule has 0 spiro atoms. The Hall–Kier alpha value is -2.64. The van der Waals surface area contributed by atoms with Crippen LogP contribution in [0.5, 0.6) is 5.88 Å². The largest absolute Gasteiger partial charge is 0.477 e. The minimum absolute atomic E-state index is 0.0621. The van der Waals surface area contributed by atoms with Gasteiger partial charge in [0.1, 0.15) is 0 Å². The van der Waals surface area contributed by atoms with E-state index in [2.05, 4.69) is 26.0 Å². The van der Waals surface area contributed by atoms with Crippen molar-refractivity contribution in [3.05, 3.63) is 48.2 Å². The molecule has 4 heterocycles. The number of anilines is 1. The summed E-state index contributed by atoms with van der Waals surface area (Å²) in [4.78, 5) is 9.27. The number of aliphatic hydroxyl groups is 1. The van der Waals surface area contributed by atoms with E-state index >= 15 is 0 Å². The zero-order valence-electron chi connectivity index (χ0n) is 16.4. The summed E-state index contributed by atoms with van der Waals surface area (Å²) < 4.78 is 11.4. The third kappa shape index (κ3) is 3.80. The molecule has 0 amide bonds. The molecule has 0 saturated carbocycles. The lowest BCUT2D eigenvalue weighted by atomic mass is 9.91. The van der Waals surface area contributed by atoms with Gasteiger partial charge in [0, 0.05) is 44.2 Å². The molecule has 5 rings (SSSR count). The SMILES string of the molecule is OCc1cccc(OCC2CCC3CN(c4noc5ccccc45)CCN3C2)n1. The first kappa shape index (κ1) is 18.4. The average molecular weight is 394 g/mol. The van der Waals surface area contributed by atoms with E-state index in [0.29, 0.717) is 30.1 Å². The predicted octanol–water partition coefficient (Wildman–Crippen LogP) is 2.69. The van der Waals surface area contributed by atoms with Crippen molar-refractivity contribution >= 4 is 16.8 Å². The minimum atomic E-state index is -0.0621. The second-order valence-corrected chi connectivity index (χ2v) is 7.98. The van der Waals surface area contributed by atoms with Crippen molar-refractivity contribution in [2.24, 2.45) is 5.92 Å². The van der Waals surface area contributed by atoms with Gasteiger partial charge in [-0.25, -0.2) is 4.98 Å². The first-order valence-corrected chi connectivity index (χ1v) is 10.3. The lowest BCUT2D eigenvalue weighted by Gasteiger charge is -2.46. The van der Waals surface area contributed by atoms with Gasteiger partial charge in [-0.1, -0.05) is 23.4 Å². The van der Waals surface area contributed by atoms with Crippen LogP contribution in [0.3, 0.4) is 0 Å². The maximum absolute atomic E-state index is 9.22. The van der Waals surface area contributed by atoms with Gasteiger partial charge >= 0.3 is 0 Å². The Morgan fingerprint density at radius 3 is 2.93 bits per heavy atom. The molecule has 7 heteroatoms. The summed E-state index contributed by atoms with van der Waals surface area (Å²) in [6, 6.07) is 14.1. The van der Waals surface area contributed by atoms with Gasteiger partial charge in [0.05, 0.1) is 24.3 Å². The van der Waals surface area contributed by atoms with E-state index in [-0.39, 0.29) is 6.61 Å². The molecule has 0 bridgehead atoms. The number of hydrogen-bond acceptors (Lipinski definition) is 7. The van der Waals surface area contributed by atoms with Crippen molar-refractivity contribution in [3.8, 4) is 5.88 Å². The number of para-hydroxylation sites is 1. The molecule has 1 N–H and O–H groups in total. The van der Waals surface area contributed by atoms with Crippen LogP contribution in [0.2, 0.25) is 0 Å². The van der Waals surface area contributed by atoms with Crippen molar-refractivity contribution in [2.45, 2.75) is 25.5 Å². The second-order valence-electron chi connectivity index (χ2n) is 7.98. The van der Waals surface area contributed by atoms with E-state index in [1.165, 1.54) is 0 Å². The van der Waals surface area contributed by atoms with E-state index in [1.807, 2.05) is 30.3 Å². The quantitative estimate of drug-likeness (QED) is 0.713. The summed E-state index contributed by atoms with van der Waals surface area (Å²) in [6.45, 7) is 4.64. The Morgan fingerprint density at radius 2 is 2.00 bits per heavy atom. The molecule has 2 fully saturated rings. The third-order valence-corrected chi connectivity index (χ3v) is 6.07. The number of aromatic nitrogens is 2. The first-order valence-electron chi connectivity index (χ1n) is 10.3. The van der Waals surface area contributed by atoms with Crippen molar-refractivity contribution < 1.29 is 14.4 Å². The number of pyridine rings is 1. The normalized spacial score (nSPS) is 22.6. The van der Waals surface area contributed by atoms with Crippen LogP contribution in [-0.4, -0.2) is 59.0 Å². The number of benzene rings is 1. The number of piperidine rings is 1. The molecule has 2 aliphatic heterocycles. The molecule has 2 aromatic heterocycles. The predicted molar refractivity (Wildman–Crippen MR) is 110 cm³/mol. The van der Waals surface area contributed by atoms with E-state index in [0.717, 1.165) is 55.8 Å². The molecule has 2 unspecified atom stereocenters. The lowest BCUT2D eigenvalue weighted by molar-refractivity contribution is 0.0715. The van der Waals surface area contributed by atoms with Gasteiger partial charge in [0.15, 0.2) is 11.4 Å². The summed E-state index contributed by atoms with van der Waals surface area (Å²) in [7, 11) is 0. The summed E-state index contributed by atoms with van der Waals surface area (Å²) in [5, 5.41) is 14.7. The third-order valence-electron chi connectivity index (χ3n) is 6.07. The standard InChI is InChI=1S/C22H26N4O3/c27-14-17-4-3-7-21(23-17)28-15-16-8-9-18-13-26(11-10-25(18)12-16)22-19-5-1-2-6-20(19)29-24-22/h1-7,16,18,27H,8-15H2. The topological polar surface area (TPSA) is 74.9 Å². The van der Waals surface area contributed by atoms with Crippen molar-refractivity contribution in [1.82, 2.24) is 15.0 Å². The Kier molecular flexibility index (Phi) is 5.08. The van der Waals surface area contributed by atoms with E-state index in [9.17, 15) is 5.11 Å². The number of nitrogens with zero attached hydrogens (tertiary/aromatic N) is 4. The smallest absolute Gasteiger partial charge is 0.213 e. The maximum atomic E-state index is 9.22. The molecular weight excluding hydrogens is 368 g/mol. The van der Waals surface area contributed by atoms with Gasteiger partial charge < -0.3 is 19.3 Å². The highest BCUT2D eigenvalue weighted by Gasteiger charge is 2.34. The Labute approximate surface area is 169 Å². The summed E-state index contributed by atoms with van der Waals surface area (Å²) in [6.07, 6.45) is 2.30. The molecule has 7 nitrogen and oxygen atoms in total. The Balaban J connectivity index is 1.18. The number of ether oxygens (including phenoxy) is 1. The fourth-order valence-corrected chi connectivity index (χ4v) is 4.52.